The van der Waals surface area contributed by atoms with E-state index in [-0.39, 0.29) is 0 Å². The minimum absolute atomic E-state index is 0.297. The number of aromatic hydroxyl groups is 1. The van der Waals surface area contributed by atoms with E-state index in [2.05, 4.69) is 15.2 Å². The van der Waals surface area contributed by atoms with Crippen molar-refractivity contribution in [2.75, 3.05) is 19.6 Å². The molecule has 0 saturated carbocycles. The lowest BCUT2D eigenvalue weighted by molar-refractivity contribution is -0.137. The molecule has 156 valence electrons. The van der Waals surface area contributed by atoms with Crippen molar-refractivity contribution in [3.05, 3.63) is 71.3 Å². The molecule has 1 saturated heterocycles. The Morgan fingerprint density at radius 1 is 1.24 bits per heavy atom. The Labute approximate surface area is 168 Å². The molecule has 1 aromatic carbocycles. The second-order valence-corrected chi connectivity index (χ2v) is 7.28. The van der Waals surface area contributed by atoms with Crippen molar-refractivity contribution in [2.24, 2.45) is 5.73 Å². The molecule has 1 fully saturated rings. The normalized spacial score (nSPS) is 16.7. The summed E-state index contributed by atoms with van der Waals surface area (Å²) in [5, 5.41) is 12.6. The molecule has 0 radical (unpaired) electrons. The van der Waals surface area contributed by atoms with Crippen LogP contribution in [0.25, 0.3) is 0 Å². The third-order valence-corrected chi connectivity index (χ3v) is 5.06. The number of benzene rings is 1. The van der Waals surface area contributed by atoms with Crippen LogP contribution in [0.1, 0.15) is 35.6 Å². The number of likely N-dealkylation sites (tertiary alicyclic amines) is 1. The summed E-state index contributed by atoms with van der Waals surface area (Å²) >= 11 is 0. The number of pyridine rings is 1. The Kier molecular flexibility index (Phi) is 6.64. The number of alkyl halides is 3. The summed E-state index contributed by atoms with van der Waals surface area (Å²) in [6.45, 7) is 2.75. The first-order valence-electron chi connectivity index (χ1n) is 9.52. The Balaban J connectivity index is 1.42. The van der Waals surface area contributed by atoms with Gasteiger partial charge in [-0.15, -0.1) is 0 Å². The molecular weight excluding hydrogens is 381 g/mol. The predicted molar refractivity (Wildman–Crippen MR) is 105 cm³/mol. The zero-order chi connectivity index (χ0) is 20.9. The van der Waals surface area contributed by atoms with Crippen molar-refractivity contribution >= 4 is 0 Å². The molecule has 0 spiro atoms. The van der Waals surface area contributed by atoms with E-state index in [9.17, 15) is 18.3 Å². The van der Waals surface area contributed by atoms with E-state index in [0.29, 0.717) is 36.1 Å². The number of phenols is 1. The van der Waals surface area contributed by atoms with E-state index in [1.165, 1.54) is 11.6 Å². The van der Waals surface area contributed by atoms with Crippen molar-refractivity contribution < 1.29 is 18.3 Å². The zero-order valence-electron chi connectivity index (χ0n) is 16.0. The summed E-state index contributed by atoms with van der Waals surface area (Å²) in [6, 6.07) is 9.80. The van der Waals surface area contributed by atoms with Gasteiger partial charge < -0.3 is 16.2 Å². The first-order valence-corrected chi connectivity index (χ1v) is 9.52. The lowest BCUT2D eigenvalue weighted by Gasteiger charge is -2.32. The second kappa shape index (κ2) is 9.17. The van der Waals surface area contributed by atoms with Crippen LogP contribution < -0.4 is 11.1 Å². The molecule has 0 bridgehead atoms. The number of piperidine rings is 1. The molecule has 8 heteroatoms. The Morgan fingerprint density at radius 3 is 2.62 bits per heavy atom. The van der Waals surface area contributed by atoms with Crippen molar-refractivity contribution in [1.29, 1.82) is 0 Å². The summed E-state index contributed by atoms with van der Waals surface area (Å²) < 4.78 is 37.6. The SMILES string of the molecule is N/C(=C\NCc1ccc(C(F)(F)F)cn1)CN1CCC(c2cccc(O)c2)CC1. The molecule has 5 nitrogen and oxygen atoms in total. The smallest absolute Gasteiger partial charge is 0.417 e. The summed E-state index contributed by atoms with van der Waals surface area (Å²) in [7, 11) is 0. The standard InChI is InChI=1S/C21H25F3N4O/c22-21(23,24)17-4-5-19(27-11-17)13-26-12-18(25)14-28-8-6-15(7-9-28)16-2-1-3-20(29)10-16/h1-5,10-12,15,26,29H,6-9,13-14,25H2/b18-12-. The minimum Gasteiger partial charge on any atom is -0.508 e. The Bertz CT molecular complexity index is 829. The van der Waals surface area contributed by atoms with Crippen molar-refractivity contribution in [2.45, 2.75) is 31.5 Å². The fourth-order valence-electron chi connectivity index (χ4n) is 3.49. The summed E-state index contributed by atoms with van der Waals surface area (Å²) in [5.74, 6) is 0.734. The highest BCUT2D eigenvalue weighted by Crippen LogP contribution is 2.30. The predicted octanol–water partition coefficient (Wildman–Crippen LogP) is 3.58. The number of rotatable bonds is 6. The van der Waals surface area contributed by atoms with Crippen LogP contribution in [0.4, 0.5) is 13.2 Å². The molecule has 29 heavy (non-hydrogen) atoms. The van der Waals surface area contributed by atoms with Crippen molar-refractivity contribution in [3.8, 4) is 5.75 Å². The average molecular weight is 406 g/mol. The van der Waals surface area contributed by atoms with E-state index >= 15 is 0 Å². The lowest BCUT2D eigenvalue weighted by Crippen LogP contribution is -2.36. The third-order valence-electron chi connectivity index (χ3n) is 5.06. The fourth-order valence-corrected chi connectivity index (χ4v) is 3.49. The van der Waals surface area contributed by atoms with Crippen LogP contribution in [-0.4, -0.2) is 34.6 Å². The number of phenolic OH excluding ortho intramolecular Hbond substituents is 1. The summed E-state index contributed by atoms with van der Waals surface area (Å²) in [4.78, 5) is 6.09. The van der Waals surface area contributed by atoms with Gasteiger partial charge in [0.1, 0.15) is 5.75 Å². The van der Waals surface area contributed by atoms with E-state index in [1.54, 1.807) is 12.3 Å². The van der Waals surface area contributed by atoms with Gasteiger partial charge in [-0.05, 0) is 61.7 Å². The molecular formula is C21H25F3N4O. The lowest BCUT2D eigenvalue weighted by atomic mass is 9.89. The fraction of sp³-hybridized carbons (Fsp3) is 0.381. The monoisotopic (exact) mass is 406 g/mol. The molecule has 2 aromatic rings. The summed E-state index contributed by atoms with van der Waals surface area (Å²) in [6.07, 6.45) is 0.137. The quantitative estimate of drug-likeness (QED) is 0.684. The first-order chi connectivity index (χ1) is 13.8. The van der Waals surface area contributed by atoms with Gasteiger partial charge in [0.15, 0.2) is 0 Å². The third kappa shape index (κ3) is 6.12. The van der Waals surface area contributed by atoms with Crippen molar-refractivity contribution in [3.63, 3.8) is 0 Å². The number of hydrogen-bond donors (Lipinski definition) is 3. The molecule has 0 aliphatic carbocycles. The molecule has 4 N–H and O–H groups in total. The molecule has 1 aliphatic heterocycles. The van der Waals surface area contributed by atoms with Crippen LogP contribution in [0.2, 0.25) is 0 Å². The van der Waals surface area contributed by atoms with E-state index in [0.717, 1.165) is 38.2 Å². The van der Waals surface area contributed by atoms with Gasteiger partial charge in [0, 0.05) is 24.6 Å². The van der Waals surface area contributed by atoms with Crippen LogP contribution in [-0.2, 0) is 12.7 Å². The van der Waals surface area contributed by atoms with Gasteiger partial charge in [0.05, 0.1) is 17.8 Å². The highest BCUT2D eigenvalue weighted by Gasteiger charge is 2.30. The highest BCUT2D eigenvalue weighted by molar-refractivity contribution is 5.30. The van der Waals surface area contributed by atoms with Gasteiger partial charge in [0.25, 0.3) is 0 Å². The maximum atomic E-state index is 12.5. The van der Waals surface area contributed by atoms with Gasteiger partial charge in [-0.25, -0.2) is 0 Å². The second-order valence-electron chi connectivity index (χ2n) is 7.28. The largest absolute Gasteiger partial charge is 0.508 e. The van der Waals surface area contributed by atoms with Crippen LogP contribution in [0, 0.1) is 0 Å². The molecule has 0 unspecified atom stereocenters. The van der Waals surface area contributed by atoms with Gasteiger partial charge in [-0.1, -0.05) is 12.1 Å². The Morgan fingerprint density at radius 2 is 2.00 bits per heavy atom. The van der Waals surface area contributed by atoms with Gasteiger partial charge >= 0.3 is 6.18 Å². The number of hydrogen-bond acceptors (Lipinski definition) is 5. The van der Waals surface area contributed by atoms with E-state index in [4.69, 9.17) is 5.73 Å². The number of aromatic nitrogens is 1. The minimum atomic E-state index is -4.38. The van der Waals surface area contributed by atoms with Crippen LogP contribution in [0.5, 0.6) is 5.75 Å². The van der Waals surface area contributed by atoms with Crippen LogP contribution >= 0.6 is 0 Å². The highest BCUT2D eigenvalue weighted by atomic mass is 19.4. The molecule has 3 rings (SSSR count). The van der Waals surface area contributed by atoms with E-state index < -0.39 is 11.7 Å². The van der Waals surface area contributed by atoms with Crippen molar-refractivity contribution in [1.82, 2.24) is 15.2 Å². The molecule has 1 aliphatic rings. The Hall–Kier alpha value is -2.74. The molecule has 0 atom stereocenters. The van der Waals surface area contributed by atoms with Gasteiger partial charge in [0.2, 0.25) is 0 Å². The average Bonchev–Trinajstić information content (AvgIpc) is 2.68. The topological polar surface area (TPSA) is 74.4 Å². The number of nitrogens with zero attached hydrogens (tertiary/aromatic N) is 2. The zero-order valence-corrected chi connectivity index (χ0v) is 16.0. The first kappa shape index (κ1) is 21.0. The number of nitrogens with one attached hydrogen (secondary N) is 1. The van der Waals surface area contributed by atoms with Crippen LogP contribution in [0.3, 0.4) is 0 Å². The molecule has 2 heterocycles. The molecule has 0 amide bonds. The summed E-state index contributed by atoms with van der Waals surface area (Å²) in [5.41, 5.74) is 7.65. The van der Waals surface area contributed by atoms with Gasteiger partial charge in [-0.2, -0.15) is 13.2 Å². The maximum absolute atomic E-state index is 12.5. The van der Waals surface area contributed by atoms with Gasteiger partial charge in [-0.3, -0.25) is 9.88 Å². The number of halogens is 3. The van der Waals surface area contributed by atoms with Crippen LogP contribution in [0.15, 0.2) is 54.5 Å². The number of nitrogens with two attached hydrogens (primary N) is 1. The molecule has 1 aromatic heterocycles. The maximum Gasteiger partial charge on any atom is 0.417 e. The van der Waals surface area contributed by atoms with E-state index in [1.807, 2.05) is 18.2 Å².